The van der Waals surface area contributed by atoms with Crippen LogP contribution in [0, 0.1) is 5.92 Å². The molecule has 2 heterocycles. The Morgan fingerprint density at radius 1 is 1.36 bits per heavy atom. The van der Waals surface area contributed by atoms with Crippen LogP contribution in [0.5, 0.6) is 0 Å². The van der Waals surface area contributed by atoms with Crippen LogP contribution in [-0.2, 0) is 11.3 Å². The summed E-state index contributed by atoms with van der Waals surface area (Å²) >= 11 is 1.62. The molecule has 6 heteroatoms. The van der Waals surface area contributed by atoms with E-state index in [0.717, 1.165) is 42.2 Å². The molecule has 1 unspecified atom stereocenters. The number of piperidine rings is 1. The van der Waals surface area contributed by atoms with E-state index in [1.54, 1.807) is 11.3 Å². The van der Waals surface area contributed by atoms with Gasteiger partial charge in [0.1, 0.15) is 5.01 Å². The molecule has 0 aliphatic carbocycles. The minimum absolute atomic E-state index is 0. The Labute approximate surface area is 140 Å². The van der Waals surface area contributed by atoms with Crippen molar-refractivity contribution in [3.63, 3.8) is 0 Å². The largest absolute Gasteiger partial charge is 0.350 e. The molecule has 2 aromatic rings. The number of hydrogen-bond acceptors (Lipinski definition) is 4. The number of nitrogens with one attached hydrogen (secondary N) is 2. The molecule has 2 N–H and O–H groups in total. The van der Waals surface area contributed by atoms with Crippen LogP contribution in [-0.4, -0.2) is 24.0 Å². The predicted molar refractivity (Wildman–Crippen MR) is 92.2 cm³/mol. The Balaban J connectivity index is 0.00000176. The highest BCUT2D eigenvalue weighted by Crippen LogP contribution is 2.23. The maximum absolute atomic E-state index is 12.1. The molecule has 3 rings (SSSR count). The van der Waals surface area contributed by atoms with Gasteiger partial charge in [-0.3, -0.25) is 4.79 Å². The molecule has 1 saturated heterocycles. The predicted octanol–water partition coefficient (Wildman–Crippen LogP) is 2.85. The quantitative estimate of drug-likeness (QED) is 0.902. The molecule has 1 aliphatic heterocycles. The van der Waals surface area contributed by atoms with Crippen molar-refractivity contribution in [3.05, 3.63) is 41.4 Å². The van der Waals surface area contributed by atoms with Crippen molar-refractivity contribution in [1.29, 1.82) is 0 Å². The molecular formula is C16H20ClN3OS. The van der Waals surface area contributed by atoms with E-state index >= 15 is 0 Å². The van der Waals surface area contributed by atoms with E-state index in [0.29, 0.717) is 6.54 Å². The molecule has 118 valence electrons. The molecule has 0 spiro atoms. The highest BCUT2D eigenvalue weighted by atomic mass is 35.5. The van der Waals surface area contributed by atoms with Gasteiger partial charge in [-0.2, -0.15) is 0 Å². The van der Waals surface area contributed by atoms with E-state index in [9.17, 15) is 4.79 Å². The third kappa shape index (κ3) is 4.29. The zero-order valence-corrected chi connectivity index (χ0v) is 13.9. The molecule has 4 nitrogen and oxygen atoms in total. The summed E-state index contributed by atoms with van der Waals surface area (Å²) in [7, 11) is 0. The highest BCUT2D eigenvalue weighted by molar-refractivity contribution is 7.13. The zero-order valence-electron chi connectivity index (χ0n) is 12.2. The molecule has 1 aromatic heterocycles. The molecule has 0 bridgehead atoms. The minimum atomic E-state index is 0. The van der Waals surface area contributed by atoms with E-state index in [1.807, 2.05) is 23.6 Å². The van der Waals surface area contributed by atoms with Gasteiger partial charge in [-0.05, 0) is 19.4 Å². The van der Waals surface area contributed by atoms with Gasteiger partial charge in [-0.25, -0.2) is 4.98 Å². The summed E-state index contributed by atoms with van der Waals surface area (Å²) in [5.74, 6) is 0.238. The fraction of sp³-hybridized carbons (Fsp3) is 0.375. The first-order chi connectivity index (χ1) is 10.3. The lowest BCUT2D eigenvalue weighted by atomic mass is 9.99. The van der Waals surface area contributed by atoms with E-state index in [1.165, 1.54) is 0 Å². The van der Waals surface area contributed by atoms with E-state index in [4.69, 9.17) is 0 Å². The van der Waals surface area contributed by atoms with Gasteiger partial charge >= 0.3 is 0 Å². The van der Waals surface area contributed by atoms with Crippen molar-refractivity contribution >= 4 is 29.7 Å². The average Bonchev–Trinajstić information content (AvgIpc) is 3.03. The maximum Gasteiger partial charge on any atom is 0.224 e. The molecule has 1 aliphatic rings. The zero-order chi connectivity index (χ0) is 14.5. The number of halogens is 1. The molecule has 1 aromatic carbocycles. The second-order valence-electron chi connectivity index (χ2n) is 5.27. The maximum atomic E-state index is 12.1. The van der Waals surface area contributed by atoms with Gasteiger partial charge in [0.15, 0.2) is 0 Å². The van der Waals surface area contributed by atoms with Crippen LogP contribution in [0.2, 0.25) is 0 Å². The average molecular weight is 338 g/mol. The fourth-order valence-corrected chi connectivity index (χ4v) is 3.32. The lowest BCUT2D eigenvalue weighted by Gasteiger charge is -2.21. The molecular weight excluding hydrogens is 318 g/mol. The molecule has 1 amide bonds. The standard InChI is InChI=1S/C16H19N3OS.ClH/c20-15(13-7-4-8-17-9-13)18-10-14-11-21-16(19-14)12-5-2-1-3-6-12;/h1-3,5-6,11,13,17H,4,7-10H2,(H,18,20);1H. The Morgan fingerprint density at radius 3 is 2.91 bits per heavy atom. The Kier molecular flexibility index (Phi) is 6.36. The summed E-state index contributed by atoms with van der Waals surface area (Å²) in [6.07, 6.45) is 2.05. The van der Waals surface area contributed by atoms with Crippen LogP contribution in [0.25, 0.3) is 10.6 Å². The number of rotatable bonds is 4. The smallest absolute Gasteiger partial charge is 0.224 e. The van der Waals surface area contributed by atoms with Crippen molar-refractivity contribution in [1.82, 2.24) is 15.6 Å². The number of carbonyl (C=O) groups is 1. The summed E-state index contributed by atoms with van der Waals surface area (Å²) in [5, 5.41) is 9.28. The highest BCUT2D eigenvalue weighted by Gasteiger charge is 2.20. The van der Waals surface area contributed by atoms with Gasteiger partial charge in [-0.1, -0.05) is 30.3 Å². The van der Waals surface area contributed by atoms with Crippen molar-refractivity contribution in [3.8, 4) is 10.6 Å². The van der Waals surface area contributed by atoms with Crippen LogP contribution >= 0.6 is 23.7 Å². The monoisotopic (exact) mass is 337 g/mol. The van der Waals surface area contributed by atoms with Gasteiger partial charge < -0.3 is 10.6 Å². The van der Waals surface area contributed by atoms with Crippen LogP contribution in [0.4, 0.5) is 0 Å². The van der Waals surface area contributed by atoms with Gasteiger partial charge in [0.05, 0.1) is 18.2 Å². The number of hydrogen-bond donors (Lipinski definition) is 2. The van der Waals surface area contributed by atoms with Crippen molar-refractivity contribution in [2.24, 2.45) is 5.92 Å². The van der Waals surface area contributed by atoms with E-state index < -0.39 is 0 Å². The second-order valence-corrected chi connectivity index (χ2v) is 6.13. The topological polar surface area (TPSA) is 54.0 Å². The number of aromatic nitrogens is 1. The van der Waals surface area contributed by atoms with Crippen LogP contribution in [0.3, 0.4) is 0 Å². The molecule has 0 saturated carbocycles. The SMILES string of the molecule is Cl.O=C(NCc1csc(-c2ccccc2)n1)C1CCCNC1. The van der Waals surface area contributed by atoms with E-state index in [-0.39, 0.29) is 24.2 Å². The second kappa shape index (κ2) is 8.27. The number of thiazole rings is 1. The molecule has 1 atom stereocenters. The fourth-order valence-electron chi connectivity index (χ4n) is 2.50. The Hall–Kier alpha value is -1.43. The minimum Gasteiger partial charge on any atom is -0.350 e. The van der Waals surface area contributed by atoms with Crippen molar-refractivity contribution < 1.29 is 4.79 Å². The number of nitrogens with zero attached hydrogens (tertiary/aromatic N) is 1. The van der Waals surface area contributed by atoms with Gasteiger partial charge in [0.2, 0.25) is 5.91 Å². The molecule has 22 heavy (non-hydrogen) atoms. The first kappa shape index (κ1) is 16.9. The van der Waals surface area contributed by atoms with E-state index in [2.05, 4.69) is 27.8 Å². The van der Waals surface area contributed by atoms with Gasteiger partial charge in [0, 0.05) is 17.5 Å². The summed E-state index contributed by atoms with van der Waals surface area (Å²) in [6, 6.07) is 10.1. The van der Waals surface area contributed by atoms with Crippen LogP contribution < -0.4 is 10.6 Å². The summed E-state index contributed by atoms with van der Waals surface area (Å²) in [5.41, 5.74) is 2.05. The first-order valence-corrected chi connectivity index (χ1v) is 8.19. The Bertz CT molecular complexity index is 596. The number of carbonyl (C=O) groups excluding carboxylic acids is 1. The third-order valence-electron chi connectivity index (χ3n) is 3.68. The number of amides is 1. The number of benzene rings is 1. The molecule has 1 fully saturated rings. The van der Waals surface area contributed by atoms with Gasteiger partial charge in [0.25, 0.3) is 0 Å². The van der Waals surface area contributed by atoms with Crippen molar-refractivity contribution in [2.45, 2.75) is 19.4 Å². The van der Waals surface area contributed by atoms with Crippen molar-refractivity contribution in [2.75, 3.05) is 13.1 Å². The summed E-state index contributed by atoms with van der Waals surface area (Å²) < 4.78 is 0. The molecule has 0 radical (unpaired) electrons. The normalized spacial score (nSPS) is 17.5. The van der Waals surface area contributed by atoms with Crippen LogP contribution in [0.15, 0.2) is 35.7 Å². The lowest BCUT2D eigenvalue weighted by Crippen LogP contribution is -2.40. The van der Waals surface area contributed by atoms with Crippen LogP contribution in [0.1, 0.15) is 18.5 Å². The third-order valence-corrected chi connectivity index (χ3v) is 4.62. The Morgan fingerprint density at radius 2 is 2.18 bits per heavy atom. The summed E-state index contributed by atoms with van der Waals surface area (Å²) in [4.78, 5) is 16.7. The lowest BCUT2D eigenvalue weighted by molar-refractivity contribution is -0.125. The van der Waals surface area contributed by atoms with Gasteiger partial charge in [-0.15, -0.1) is 23.7 Å². The first-order valence-electron chi connectivity index (χ1n) is 7.31. The summed E-state index contributed by atoms with van der Waals surface area (Å²) in [6.45, 7) is 2.33.